The van der Waals surface area contributed by atoms with Gasteiger partial charge in [0, 0.05) is 40.4 Å². The van der Waals surface area contributed by atoms with Gasteiger partial charge in [0.25, 0.3) is 5.91 Å². The largest absolute Gasteiger partial charge is 0.494 e. The summed E-state index contributed by atoms with van der Waals surface area (Å²) in [5.74, 6) is 0.573. The van der Waals surface area contributed by atoms with Crippen LogP contribution in [0.4, 0.5) is 0 Å². The molecule has 0 saturated carbocycles. The van der Waals surface area contributed by atoms with E-state index in [4.69, 9.17) is 21.7 Å². The number of nitrogens with zero attached hydrogens (tertiary/aromatic N) is 3. The molecule has 1 N–H and O–H groups in total. The van der Waals surface area contributed by atoms with Gasteiger partial charge in [0.1, 0.15) is 11.6 Å². The molecule has 1 amide bonds. The number of halogens is 1. The van der Waals surface area contributed by atoms with Crippen molar-refractivity contribution in [3.8, 4) is 5.75 Å². The fraction of sp³-hybridized carbons (Fsp3) is 0.160. The number of amidine groups is 2. The Hall–Kier alpha value is -3.29. The van der Waals surface area contributed by atoms with E-state index in [9.17, 15) is 4.79 Å². The molecular weight excluding hydrogens is 456 g/mol. The monoisotopic (exact) mass is 476 g/mol. The minimum absolute atomic E-state index is 0.148. The van der Waals surface area contributed by atoms with Crippen molar-refractivity contribution in [1.82, 2.24) is 9.47 Å². The number of hydrogen-bond donors (Lipinski definition) is 1. The third-order valence-electron chi connectivity index (χ3n) is 5.57. The summed E-state index contributed by atoms with van der Waals surface area (Å²) >= 11 is 7.43. The Morgan fingerprint density at radius 2 is 2.09 bits per heavy atom. The van der Waals surface area contributed by atoms with Crippen LogP contribution in [0.3, 0.4) is 0 Å². The average molecular weight is 477 g/mol. The highest BCUT2D eigenvalue weighted by atomic mass is 35.5. The lowest BCUT2D eigenvalue weighted by molar-refractivity contribution is -0.114. The lowest BCUT2D eigenvalue weighted by Gasteiger charge is -2.22. The number of hydrogen-bond acceptors (Lipinski definition) is 4. The number of aromatic nitrogens is 1. The van der Waals surface area contributed by atoms with Crippen LogP contribution >= 0.6 is 23.4 Å². The van der Waals surface area contributed by atoms with Gasteiger partial charge in [-0.25, -0.2) is 0 Å². The number of nitrogens with one attached hydrogen (secondary N) is 1. The maximum Gasteiger partial charge on any atom is 0.283 e. The normalized spacial score (nSPS) is 16.6. The molecule has 2 aliphatic rings. The van der Waals surface area contributed by atoms with E-state index in [-0.39, 0.29) is 17.3 Å². The molecule has 166 valence electrons. The molecule has 33 heavy (non-hydrogen) atoms. The summed E-state index contributed by atoms with van der Waals surface area (Å²) in [6.45, 7) is 3.29. The van der Waals surface area contributed by atoms with E-state index in [1.807, 2.05) is 54.9 Å². The molecular formula is C25H21ClN4O2S. The summed E-state index contributed by atoms with van der Waals surface area (Å²) in [6.07, 6.45) is 6.37. The van der Waals surface area contributed by atoms with Gasteiger partial charge >= 0.3 is 0 Å². The number of ether oxygens (including phenoxy) is 1. The van der Waals surface area contributed by atoms with E-state index in [1.54, 1.807) is 17.2 Å². The van der Waals surface area contributed by atoms with Crippen molar-refractivity contribution < 1.29 is 9.53 Å². The lowest BCUT2D eigenvalue weighted by Crippen LogP contribution is -2.35. The SMILES string of the molecule is Cc1cc(OCCCn2cc(/C=C3/C(=N)N4C=CSC4=NC3=O)c3ccccc32)ccc1Cl. The Morgan fingerprint density at radius 3 is 2.94 bits per heavy atom. The Morgan fingerprint density at radius 1 is 1.24 bits per heavy atom. The highest BCUT2D eigenvalue weighted by Crippen LogP contribution is 2.30. The first-order valence-corrected chi connectivity index (χ1v) is 11.8. The van der Waals surface area contributed by atoms with Gasteiger partial charge in [0.15, 0.2) is 5.17 Å². The second kappa shape index (κ2) is 8.92. The highest BCUT2D eigenvalue weighted by Gasteiger charge is 2.31. The third-order valence-corrected chi connectivity index (χ3v) is 6.75. The molecule has 0 aliphatic carbocycles. The molecule has 0 unspecified atom stereocenters. The number of amides is 1. The molecule has 0 bridgehead atoms. The van der Waals surface area contributed by atoms with Crippen LogP contribution in [-0.4, -0.2) is 33.0 Å². The molecule has 5 rings (SSSR count). The average Bonchev–Trinajstić information content (AvgIpc) is 3.41. The smallest absolute Gasteiger partial charge is 0.283 e. The maximum absolute atomic E-state index is 12.6. The van der Waals surface area contributed by atoms with E-state index in [0.29, 0.717) is 11.8 Å². The molecule has 0 saturated heterocycles. The zero-order valence-electron chi connectivity index (χ0n) is 17.9. The first-order valence-electron chi connectivity index (χ1n) is 10.5. The number of benzene rings is 2. The highest BCUT2D eigenvalue weighted by molar-refractivity contribution is 8.16. The third kappa shape index (κ3) is 4.21. The maximum atomic E-state index is 12.6. The van der Waals surface area contributed by atoms with Crippen LogP contribution in [0.25, 0.3) is 17.0 Å². The number of rotatable bonds is 6. The van der Waals surface area contributed by atoms with Gasteiger partial charge in [-0.15, -0.1) is 0 Å². The molecule has 2 aliphatic heterocycles. The van der Waals surface area contributed by atoms with Crippen LogP contribution < -0.4 is 4.74 Å². The minimum atomic E-state index is -0.383. The van der Waals surface area contributed by atoms with Crippen molar-refractivity contribution in [3.05, 3.63) is 82.0 Å². The van der Waals surface area contributed by atoms with Gasteiger partial charge in [-0.2, -0.15) is 4.99 Å². The fourth-order valence-corrected chi connectivity index (χ4v) is 4.72. The zero-order valence-corrected chi connectivity index (χ0v) is 19.5. The Bertz CT molecular complexity index is 1370. The van der Waals surface area contributed by atoms with Crippen molar-refractivity contribution >= 4 is 57.3 Å². The molecule has 2 aromatic carbocycles. The Balaban J connectivity index is 1.35. The summed E-state index contributed by atoms with van der Waals surface area (Å²) in [5.41, 5.74) is 3.24. The number of aliphatic imine (C=N–C) groups is 1. The van der Waals surface area contributed by atoms with Gasteiger partial charge in [0.2, 0.25) is 0 Å². The van der Waals surface area contributed by atoms with Gasteiger partial charge in [-0.05, 0) is 54.7 Å². The van der Waals surface area contributed by atoms with Crippen LogP contribution in [0.15, 0.2) is 70.8 Å². The van der Waals surface area contributed by atoms with Gasteiger partial charge < -0.3 is 9.30 Å². The van der Waals surface area contributed by atoms with Crippen molar-refractivity contribution in [1.29, 1.82) is 5.41 Å². The predicted octanol–water partition coefficient (Wildman–Crippen LogP) is 5.85. The van der Waals surface area contributed by atoms with Gasteiger partial charge in [-0.1, -0.05) is 41.6 Å². The van der Waals surface area contributed by atoms with Gasteiger partial charge in [0.05, 0.1) is 12.2 Å². The summed E-state index contributed by atoms with van der Waals surface area (Å²) in [6, 6.07) is 13.7. The first kappa shape index (κ1) is 21.6. The van der Waals surface area contributed by atoms with Crippen molar-refractivity contribution in [2.75, 3.05) is 6.61 Å². The van der Waals surface area contributed by atoms with E-state index in [0.717, 1.165) is 45.8 Å². The second-order valence-corrected chi connectivity index (χ2v) is 9.07. The number of para-hydroxylation sites is 1. The fourth-order valence-electron chi connectivity index (χ4n) is 3.89. The number of carbonyl (C=O) groups excluding carboxylic acids is 1. The van der Waals surface area contributed by atoms with Crippen LogP contribution in [0.2, 0.25) is 5.02 Å². The van der Waals surface area contributed by atoms with Crippen LogP contribution in [0.5, 0.6) is 5.75 Å². The predicted molar refractivity (Wildman–Crippen MR) is 135 cm³/mol. The van der Waals surface area contributed by atoms with Crippen molar-refractivity contribution in [2.45, 2.75) is 19.9 Å². The van der Waals surface area contributed by atoms with Crippen LogP contribution in [0, 0.1) is 12.3 Å². The summed E-state index contributed by atoms with van der Waals surface area (Å²) in [5, 5.41) is 12.6. The zero-order chi connectivity index (χ0) is 22.9. The van der Waals surface area contributed by atoms with E-state index < -0.39 is 0 Å². The number of aryl methyl sites for hydroxylation is 2. The number of thioether (sulfide) groups is 1. The standard InChI is InChI=1S/C25H21ClN4O2S/c1-16-13-18(7-8-21(16)26)32-11-4-9-29-15-17(19-5-2-3-6-22(19)29)14-20-23(27)30-10-12-33-25(30)28-24(20)31/h2-3,5-8,10,12-15,27H,4,9,11H2,1H3/b20-14-,27-23?. The van der Waals surface area contributed by atoms with Crippen molar-refractivity contribution in [2.24, 2.45) is 4.99 Å². The topological polar surface area (TPSA) is 70.7 Å². The molecule has 8 heteroatoms. The second-order valence-electron chi connectivity index (χ2n) is 7.79. The Labute approximate surface area is 200 Å². The van der Waals surface area contributed by atoms with Gasteiger partial charge in [-0.3, -0.25) is 15.1 Å². The molecule has 0 fully saturated rings. The quantitative estimate of drug-likeness (QED) is 0.358. The minimum Gasteiger partial charge on any atom is -0.494 e. The molecule has 0 spiro atoms. The molecule has 1 aromatic heterocycles. The van der Waals surface area contributed by atoms with E-state index in [1.165, 1.54) is 11.8 Å². The lowest BCUT2D eigenvalue weighted by atomic mass is 10.1. The Kier molecular flexibility index (Phi) is 5.83. The van der Waals surface area contributed by atoms with Crippen LogP contribution in [0.1, 0.15) is 17.5 Å². The van der Waals surface area contributed by atoms with E-state index in [2.05, 4.69) is 15.6 Å². The first-order chi connectivity index (χ1) is 16.0. The number of carbonyl (C=O) groups is 1. The molecule has 3 heterocycles. The summed E-state index contributed by atoms with van der Waals surface area (Å²) < 4.78 is 8.05. The molecule has 3 aromatic rings. The number of fused-ring (bicyclic) bond motifs is 2. The molecule has 0 atom stereocenters. The summed E-state index contributed by atoms with van der Waals surface area (Å²) in [7, 11) is 0. The molecule has 0 radical (unpaired) electrons. The molecule has 6 nitrogen and oxygen atoms in total. The van der Waals surface area contributed by atoms with Crippen molar-refractivity contribution in [3.63, 3.8) is 0 Å². The van der Waals surface area contributed by atoms with Crippen LogP contribution in [-0.2, 0) is 11.3 Å². The summed E-state index contributed by atoms with van der Waals surface area (Å²) in [4.78, 5) is 18.3. The van der Waals surface area contributed by atoms with E-state index >= 15 is 0 Å².